The number of nitro groups is 1. The standard InChI is InChI=1S/C21H24N2O4S/c1-15(2)13-18-14-20(16(3)17-9-5-4-6-10-17)22(18)28(26,27)21-12-8-7-11-19(21)23(24)25/h4-12,15,18,20H,3,13-14H2,1-2H3/t18-,20-/m0/s1. The summed E-state index contributed by atoms with van der Waals surface area (Å²) >= 11 is 0. The van der Waals surface area contributed by atoms with Gasteiger partial charge in [-0.25, -0.2) is 8.42 Å². The monoisotopic (exact) mass is 400 g/mol. The van der Waals surface area contributed by atoms with E-state index in [1.54, 1.807) is 0 Å². The molecule has 0 saturated carbocycles. The first-order valence-corrected chi connectivity index (χ1v) is 10.7. The third kappa shape index (κ3) is 3.72. The minimum Gasteiger partial charge on any atom is -0.258 e. The first-order valence-electron chi connectivity index (χ1n) is 9.24. The molecule has 0 aliphatic carbocycles. The van der Waals surface area contributed by atoms with E-state index in [4.69, 9.17) is 0 Å². The number of hydrogen-bond donors (Lipinski definition) is 0. The molecule has 0 bridgehead atoms. The molecular formula is C21H24N2O4S. The molecule has 28 heavy (non-hydrogen) atoms. The maximum absolute atomic E-state index is 13.5. The van der Waals surface area contributed by atoms with Crippen LogP contribution >= 0.6 is 0 Å². The van der Waals surface area contributed by atoms with E-state index in [0.29, 0.717) is 24.3 Å². The summed E-state index contributed by atoms with van der Waals surface area (Å²) in [6, 6.07) is 14.4. The maximum Gasteiger partial charge on any atom is 0.289 e. The van der Waals surface area contributed by atoms with Crippen LogP contribution in [-0.4, -0.2) is 29.7 Å². The van der Waals surface area contributed by atoms with E-state index >= 15 is 0 Å². The first-order chi connectivity index (χ1) is 13.2. The summed E-state index contributed by atoms with van der Waals surface area (Å²) in [4.78, 5) is 10.5. The Bertz CT molecular complexity index is 986. The zero-order chi connectivity index (χ0) is 20.5. The second-order valence-corrected chi connectivity index (χ2v) is 9.30. The van der Waals surface area contributed by atoms with Crippen LogP contribution in [0.1, 0.15) is 32.3 Å². The third-order valence-corrected chi connectivity index (χ3v) is 7.08. The van der Waals surface area contributed by atoms with Crippen LogP contribution < -0.4 is 0 Å². The van der Waals surface area contributed by atoms with Gasteiger partial charge in [-0.1, -0.05) is 62.9 Å². The molecule has 2 aromatic carbocycles. The number of nitro benzene ring substituents is 1. The van der Waals surface area contributed by atoms with Gasteiger partial charge in [0, 0.05) is 12.1 Å². The molecule has 7 heteroatoms. The van der Waals surface area contributed by atoms with Gasteiger partial charge < -0.3 is 0 Å². The predicted octanol–water partition coefficient (Wildman–Crippen LogP) is 4.49. The van der Waals surface area contributed by atoms with Gasteiger partial charge in [0.25, 0.3) is 15.7 Å². The summed E-state index contributed by atoms with van der Waals surface area (Å²) < 4.78 is 28.3. The van der Waals surface area contributed by atoms with Gasteiger partial charge in [0.05, 0.1) is 11.0 Å². The van der Waals surface area contributed by atoms with Gasteiger partial charge in [0.2, 0.25) is 0 Å². The van der Waals surface area contributed by atoms with Gasteiger partial charge in [-0.2, -0.15) is 4.31 Å². The van der Waals surface area contributed by atoms with Crippen LogP contribution in [0.4, 0.5) is 5.69 Å². The van der Waals surface area contributed by atoms with Crippen LogP contribution in [0.25, 0.3) is 5.57 Å². The Kier molecular flexibility index (Phi) is 5.67. The van der Waals surface area contributed by atoms with Crippen molar-refractivity contribution < 1.29 is 13.3 Å². The highest BCUT2D eigenvalue weighted by molar-refractivity contribution is 7.89. The Hall–Kier alpha value is -2.51. The number of hydrogen-bond acceptors (Lipinski definition) is 4. The van der Waals surface area contributed by atoms with Gasteiger partial charge in [-0.05, 0) is 36.0 Å². The predicted molar refractivity (Wildman–Crippen MR) is 109 cm³/mol. The number of para-hydroxylation sites is 1. The van der Waals surface area contributed by atoms with Crippen molar-refractivity contribution in [2.24, 2.45) is 5.92 Å². The molecule has 1 heterocycles. The summed E-state index contributed by atoms with van der Waals surface area (Å²) in [6.07, 6.45) is 1.35. The van der Waals surface area contributed by atoms with Crippen LogP contribution in [0, 0.1) is 16.0 Å². The minimum atomic E-state index is -4.04. The molecule has 2 aromatic rings. The minimum absolute atomic E-state index is 0.199. The smallest absolute Gasteiger partial charge is 0.258 e. The highest BCUT2D eigenvalue weighted by Gasteiger charge is 2.49. The molecule has 1 aliphatic heterocycles. The molecule has 1 saturated heterocycles. The summed E-state index contributed by atoms with van der Waals surface area (Å²) in [5.74, 6) is 0.305. The lowest BCUT2D eigenvalue weighted by Gasteiger charge is -2.48. The molecule has 6 nitrogen and oxygen atoms in total. The lowest BCUT2D eigenvalue weighted by Crippen LogP contribution is -2.59. The zero-order valence-electron chi connectivity index (χ0n) is 16.0. The lowest BCUT2D eigenvalue weighted by molar-refractivity contribution is -0.387. The molecule has 0 unspecified atom stereocenters. The third-order valence-electron chi connectivity index (χ3n) is 5.07. The second kappa shape index (κ2) is 7.85. The number of rotatable bonds is 7. The van der Waals surface area contributed by atoms with Crippen molar-refractivity contribution in [1.29, 1.82) is 0 Å². The molecule has 0 radical (unpaired) electrons. The van der Waals surface area contributed by atoms with Crippen molar-refractivity contribution in [1.82, 2.24) is 4.31 Å². The second-order valence-electron chi connectivity index (χ2n) is 7.49. The summed E-state index contributed by atoms with van der Waals surface area (Å²) in [5.41, 5.74) is 1.18. The molecule has 0 N–H and O–H groups in total. The fraction of sp³-hybridized carbons (Fsp3) is 0.333. The van der Waals surface area contributed by atoms with Crippen molar-refractivity contribution in [2.75, 3.05) is 0 Å². The van der Waals surface area contributed by atoms with Crippen LogP contribution in [0.15, 0.2) is 66.1 Å². The fourth-order valence-corrected chi connectivity index (χ4v) is 5.77. The first kappa shape index (κ1) is 20.2. The number of sulfonamides is 1. The average Bonchev–Trinajstić information content (AvgIpc) is 2.64. The van der Waals surface area contributed by atoms with Crippen LogP contribution in [0.3, 0.4) is 0 Å². The SMILES string of the molecule is C=C(c1ccccc1)[C@@H]1C[C@H](CC(C)C)N1S(=O)(=O)c1ccccc1[N+](=O)[O-]. The Labute approximate surface area is 165 Å². The zero-order valence-corrected chi connectivity index (χ0v) is 16.8. The van der Waals surface area contributed by atoms with E-state index in [1.807, 2.05) is 44.2 Å². The Balaban J connectivity index is 2.02. The molecular weight excluding hydrogens is 376 g/mol. The lowest BCUT2D eigenvalue weighted by atomic mass is 9.84. The molecule has 1 aliphatic rings. The molecule has 148 valence electrons. The molecule has 3 rings (SSSR count). The van der Waals surface area contributed by atoms with Crippen molar-refractivity contribution in [3.63, 3.8) is 0 Å². The van der Waals surface area contributed by atoms with Crippen LogP contribution in [0.5, 0.6) is 0 Å². The topological polar surface area (TPSA) is 80.5 Å². The van der Waals surface area contributed by atoms with E-state index in [2.05, 4.69) is 6.58 Å². The van der Waals surface area contributed by atoms with Gasteiger partial charge in [0.1, 0.15) is 0 Å². The van der Waals surface area contributed by atoms with Crippen LogP contribution in [-0.2, 0) is 10.0 Å². The molecule has 1 fully saturated rings. The van der Waals surface area contributed by atoms with E-state index in [1.165, 1.54) is 28.6 Å². The van der Waals surface area contributed by atoms with Gasteiger partial charge in [-0.15, -0.1) is 0 Å². The number of benzene rings is 2. The van der Waals surface area contributed by atoms with E-state index in [0.717, 1.165) is 5.56 Å². The summed E-state index contributed by atoms with van der Waals surface area (Å²) in [5, 5.41) is 11.4. The van der Waals surface area contributed by atoms with E-state index in [9.17, 15) is 18.5 Å². The largest absolute Gasteiger partial charge is 0.289 e. The van der Waals surface area contributed by atoms with E-state index in [-0.39, 0.29) is 10.9 Å². The van der Waals surface area contributed by atoms with Gasteiger partial charge in [-0.3, -0.25) is 10.1 Å². The maximum atomic E-state index is 13.5. The molecule has 0 aromatic heterocycles. The summed E-state index contributed by atoms with van der Waals surface area (Å²) in [6.45, 7) is 8.21. The Morgan fingerprint density at radius 2 is 1.79 bits per heavy atom. The Morgan fingerprint density at radius 3 is 2.39 bits per heavy atom. The van der Waals surface area contributed by atoms with Crippen molar-refractivity contribution in [2.45, 2.75) is 43.7 Å². The van der Waals surface area contributed by atoms with E-state index < -0.39 is 26.7 Å². The van der Waals surface area contributed by atoms with Crippen molar-refractivity contribution in [3.8, 4) is 0 Å². The average molecular weight is 401 g/mol. The van der Waals surface area contributed by atoms with Crippen molar-refractivity contribution in [3.05, 3.63) is 76.9 Å². The van der Waals surface area contributed by atoms with Crippen molar-refractivity contribution >= 4 is 21.3 Å². The molecule has 0 spiro atoms. The van der Waals surface area contributed by atoms with Crippen LogP contribution in [0.2, 0.25) is 0 Å². The highest BCUT2D eigenvalue weighted by Crippen LogP contribution is 2.43. The molecule has 0 amide bonds. The normalized spacial score (nSPS) is 20.0. The summed E-state index contributed by atoms with van der Waals surface area (Å²) in [7, 11) is -4.04. The number of nitrogens with zero attached hydrogens (tertiary/aromatic N) is 2. The quantitative estimate of drug-likeness (QED) is 0.507. The fourth-order valence-electron chi connectivity index (χ4n) is 3.77. The molecule has 2 atom stereocenters. The highest BCUT2D eigenvalue weighted by atomic mass is 32.2. The Morgan fingerprint density at radius 1 is 1.18 bits per heavy atom. The van der Waals surface area contributed by atoms with Gasteiger partial charge >= 0.3 is 0 Å². The van der Waals surface area contributed by atoms with Gasteiger partial charge in [0.15, 0.2) is 4.90 Å².